The van der Waals surface area contributed by atoms with Crippen molar-refractivity contribution in [2.45, 2.75) is 13.5 Å². The Labute approximate surface area is 169 Å². The van der Waals surface area contributed by atoms with Crippen LogP contribution >= 0.6 is 0 Å². The van der Waals surface area contributed by atoms with Crippen molar-refractivity contribution in [3.05, 3.63) is 103 Å². The van der Waals surface area contributed by atoms with Gasteiger partial charge >= 0.3 is 0 Å². The Balaban J connectivity index is 2.15. The lowest BCUT2D eigenvalue weighted by Crippen LogP contribution is -2.27. The minimum absolute atomic E-state index is 0.00120. The average molecular weight is 407 g/mol. The fraction of sp³-hybridized carbons (Fsp3) is 0.0952. The zero-order valence-electron chi connectivity index (χ0n) is 15.6. The van der Waals surface area contributed by atoms with E-state index < -0.39 is 28.0 Å². The molecule has 3 aromatic rings. The molecule has 0 radical (unpaired) electrons. The number of hydrogen-bond donors (Lipinski definition) is 1. The molecular formula is C21H14FN3O5. The van der Waals surface area contributed by atoms with Gasteiger partial charge in [0.1, 0.15) is 17.4 Å². The quantitative estimate of drug-likeness (QED) is 0.393. The predicted molar refractivity (Wildman–Crippen MR) is 104 cm³/mol. The summed E-state index contributed by atoms with van der Waals surface area (Å²) >= 11 is 0. The minimum atomic E-state index is -0.794. The second kappa shape index (κ2) is 7.97. The van der Waals surface area contributed by atoms with E-state index in [1.807, 2.05) is 0 Å². The van der Waals surface area contributed by atoms with Crippen molar-refractivity contribution in [2.75, 3.05) is 0 Å². The Bertz CT molecular complexity index is 1260. The number of nitro benzene ring substituents is 1. The molecule has 2 aromatic carbocycles. The summed E-state index contributed by atoms with van der Waals surface area (Å²) in [5.41, 5.74) is -1.09. The van der Waals surface area contributed by atoms with Gasteiger partial charge in [-0.15, -0.1) is 0 Å². The van der Waals surface area contributed by atoms with E-state index in [1.165, 1.54) is 43.3 Å². The fourth-order valence-corrected chi connectivity index (χ4v) is 3.02. The molecular weight excluding hydrogens is 393 g/mol. The van der Waals surface area contributed by atoms with E-state index in [0.717, 1.165) is 16.7 Å². The van der Waals surface area contributed by atoms with Crippen molar-refractivity contribution in [3.8, 4) is 11.9 Å². The number of halogens is 1. The van der Waals surface area contributed by atoms with E-state index in [2.05, 4.69) is 0 Å². The number of pyridine rings is 1. The van der Waals surface area contributed by atoms with Crippen LogP contribution in [0.2, 0.25) is 0 Å². The zero-order valence-corrected chi connectivity index (χ0v) is 15.6. The number of rotatable bonds is 5. The number of nitro groups is 1. The molecule has 0 aliphatic carbocycles. The molecule has 0 saturated carbocycles. The van der Waals surface area contributed by atoms with Crippen LogP contribution in [0.25, 0.3) is 0 Å². The van der Waals surface area contributed by atoms with Crippen LogP contribution in [0.15, 0.2) is 53.3 Å². The summed E-state index contributed by atoms with van der Waals surface area (Å²) in [6.07, 6.45) is 0. The van der Waals surface area contributed by atoms with Crippen molar-refractivity contribution in [3.63, 3.8) is 0 Å². The molecule has 0 spiro atoms. The predicted octanol–water partition coefficient (Wildman–Crippen LogP) is 3.06. The lowest BCUT2D eigenvalue weighted by atomic mass is 9.97. The first-order chi connectivity index (χ1) is 14.2. The van der Waals surface area contributed by atoms with Gasteiger partial charge in [0, 0.05) is 17.7 Å². The molecule has 1 N–H and O–H groups in total. The van der Waals surface area contributed by atoms with Gasteiger partial charge in [0.2, 0.25) is 5.88 Å². The number of aromatic hydroxyl groups is 1. The summed E-state index contributed by atoms with van der Waals surface area (Å²) in [4.78, 5) is 35.8. The second-order valence-corrected chi connectivity index (χ2v) is 6.46. The number of nitrogens with zero attached hydrogens (tertiary/aromatic N) is 3. The van der Waals surface area contributed by atoms with Crippen LogP contribution in [0.1, 0.15) is 32.6 Å². The molecule has 0 atom stereocenters. The third-order valence-electron chi connectivity index (χ3n) is 4.62. The molecule has 3 rings (SSSR count). The van der Waals surface area contributed by atoms with Crippen molar-refractivity contribution < 1.29 is 19.2 Å². The number of carbonyl (C=O) groups excluding carboxylic acids is 1. The highest BCUT2D eigenvalue weighted by molar-refractivity contribution is 6.11. The summed E-state index contributed by atoms with van der Waals surface area (Å²) < 4.78 is 14.0. The SMILES string of the molecule is Cc1c(C(=O)c2ccc([N+](=O)[O-])cc2)c(O)n(Cc2ccc(F)cc2)c(=O)c1C#N. The van der Waals surface area contributed by atoms with Crippen LogP contribution in [0, 0.1) is 34.2 Å². The first-order valence-corrected chi connectivity index (χ1v) is 8.64. The Morgan fingerprint density at radius 1 is 1.20 bits per heavy atom. The van der Waals surface area contributed by atoms with Crippen LogP contribution in [-0.2, 0) is 6.54 Å². The standard InChI is InChI=1S/C21H14FN3O5/c1-12-17(10-23)20(27)24(11-13-2-6-15(22)7-3-13)21(28)18(12)19(26)14-4-8-16(9-5-14)25(29)30/h2-9,28H,11H2,1H3. The topological polar surface area (TPSA) is 126 Å². The average Bonchev–Trinajstić information content (AvgIpc) is 2.73. The number of hydrogen-bond acceptors (Lipinski definition) is 6. The fourth-order valence-electron chi connectivity index (χ4n) is 3.02. The van der Waals surface area contributed by atoms with E-state index in [1.54, 1.807) is 6.07 Å². The van der Waals surface area contributed by atoms with E-state index in [-0.39, 0.29) is 34.5 Å². The van der Waals surface area contributed by atoms with Gasteiger partial charge in [-0.05, 0) is 42.3 Å². The third-order valence-corrected chi connectivity index (χ3v) is 4.62. The summed E-state index contributed by atoms with van der Waals surface area (Å²) in [5, 5.41) is 30.9. The number of aromatic nitrogens is 1. The number of non-ortho nitro benzene ring substituents is 1. The largest absolute Gasteiger partial charge is 0.494 e. The molecule has 150 valence electrons. The molecule has 1 aromatic heterocycles. The van der Waals surface area contributed by atoms with Gasteiger partial charge in [0.15, 0.2) is 5.78 Å². The van der Waals surface area contributed by atoms with Gasteiger partial charge in [-0.1, -0.05) is 12.1 Å². The highest BCUT2D eigenvalue weighted by Gasteiger charge is 2.25. The minimum Gasteiger partial charge on any atom is -0.494 e. The maximum Gasteiger partial charge on any atom is 0.271 e. The number of carbonyl (C=O) groups is 1. The summed E-state index contributed by atoms with van der Waals surface area (Å²) in [7, 11) is 0. The normalized spacial score (nSPS) is 10.4. The summed E-state index contributed by atoms with van der Waals surface area (Å²) in [5.74, 6) is -1.83. The van der Waals surface area contributed by atoms with E-state index in [9.17, 15) is 34.5 Å². The summed E-state index contributed by atoms with van der Waals surface area (Å²) in [6, 6.07) is 11.6. The van der Waals surface area contributed by atoms with Crippen LogP contribution in [-0.4, -0.2) is 20.4 Å². The molecule has 0 amide bonds. The molecule has 0 aliphatic rings. The number of benzene rings is 2. The Morgan fingerprint density at radius 3 is 2.33 bits per heavy atom. The second-order valence-electron chi connectivity index (χ2n) is 6.46. The van der Waals surface area contributed by atoms with Gasteiger partial charge in [0.05, 0.1) is 17.0 Å². The Hall–Kier alpha value is -4.32. The van der Waals surface area contributed by atoms with Crippen LogP contribution in [0.5, 0.6) is 5.88 Å². The zero-order chi connectivity index (χ0) is 22.0. The highest BCUT2D eigenvalue weighted by Crippen LogP contribution is 2.26. The molecule has 0 unspecified atom stereocenters. The molecule has 0 fully saturated rings. The maximum atomic E-state index is 13.1. The Kier molecular flexibility index (Phi) is 5.42. The Morgan fingerprint density at radius 2 is 1.80 bits per heavy atom. The van der Waals surface area contributed by atoms with Crippen LogP contribution in [0.4, 0.5) is 10.1 Å². The van der Waals surface area contributed by atoms with E-state index in [4.69, 9.17) is 0 Å². The van der Waals surface area contributed by atoms with E-state index in [0.29, 0.717) is 5.56 Å². The van der Waals surface area contributed by atoms with Crippen molar-refractivity contribution in [1.82, 2.24) is 4.57 Å². The first-order valence-electron chi connectivity index (χ1n) is 8.64. The van der Waals surface area contributed by atoms with Gasteiger partial charge in [0.25, 0.3) is 11.2 Å². The van der Waals surface area contributed by atoms with Crippen molar-refractivity contribution >= 4 is 11.5 Å². The molecule has 9 heteroatoms. The van der Waals surface area contributed by atoms with Crippen LogP contribution in [0.3, 0.4) is 0 Å². The van der Waals surface area contributed by atoms with Crippen LogP contribution < -0.4 is 5.56 Å². The molecule has 8 nitrogen and oxygen atoms in total. The molecule has 0 bridgehead atoms. The number of ketones is 1. The molecule has 0 aliphatic heterocycles. The third kappa shape index (κ3) is 3.66. The first kappa shape index (κ1) is 20.4. The summed E-state index contributed by atoms with van der Waals surface area (Å²) in [6.45, 7) is 1.17. The van der Waals surface area contributed by atoms with Gasteiger partial charge < -0.3 is 5.11 Å². The van der Waals surface area contributed by atoms with Crippen molar-refractivity contribution in [1.29, 1.82) is 5.26 Å². The highest BCUT2D eigenvalue weighted by atomic mass is 19.1. The molecule has 30 heavy (non-hydrogen) atoms. The van der Waals surface area contributed by atoms with Crippen molar-refractivity contribution in [2.24, 2.45) is 0 Å². The van der Waals surface area contributed by atoms with Gasteiger partial charge in [-0.2, -0.15) is 5.26 Å². The lowest BCUT2D eigenvalue weighted by Gasteiger charge is -2.15. The molecule has 0 saturated heterocycles. The maximum absolute atomic E-state index is 13.1. The van der Waals surface area contributed by atoms with E-state index >= 15 is 0 Å². The molecule has 1 heterocycles. The number of nitriles is 1. The van der Waals surface area contributed by atoms with Gasteiger partial charge in [-0.25, -0.2) is 4.39 Å². The lowest BCUT2D eigenvalue weighted by molar-refractivity contribution is -0.384. The van der Waals surface area contributed by atoms with Gasteiger partial charge in [-0.3, -0.25) is 24.3 Å². The monoisotopic (exact) mass is 407 g/mol. The smallest absolute Gasteiger partial charge is 0.271 e.